The molecule has 0 bridgehead atoms. The number of rotatable bonds is 3. The minimum Gasteiger partial charge on any atom is -0.332 e. The highest BCUT2D eigenvalue weighted by Gasteiger charge is 2.16. The number of aromatic amines is 1. The summed E-state index contributed by atoms with van der Waals surface area (Å²) in [5.74, 6) is 0.565. The molecule has 0 radical (unpaired) electrons. The first-order valence-corrected chi connectivity index (χ1v) is 6.98. The van der Waals surface area contributed by atoms with E-state index in [1.165, 1.54) is 6.20 Å². The van der Waals surface area contributed by atoms with Gasteiger partial charge < -0.3 is 4.98 Å². The normalized spacial score (nSPS) is 11.5. The predicted octanol–water partition coefficient (Wildman–Crippen LogP) is 2.14. The summed E-state index contributed by atoms with van der Waals surface area (Å²) in [7, 11) is -3.59. The number of imidazole rings is 1. The number of nitrogens with one attached hydrogen (secondary N) is 2. The van der Waals surface area contributed by atoms with Crippen LogP contribution in [-0.4, -0.2) is 18.4 Å². The minimum atomic E-state index is -3.59. The zero-order valence-electron chi connectivity index (χ0n) is 10.5. The third-order valence-electron chi connectivity index (χ3n) is 2.73. The van der Waals surface area contributed by atoms with Crippen molar-refractivity contribution in [3.8, 4) is 0 Å². The molecule has 2 rings (SSSR count). The average Bonchev–Trinajstić information content (AvgIpc) is 2.71. The average molecular weight is 265 g/mol. The largest absolute Gasteiger partial charge is 0.332 e. The zero-order chi connectivity index (χ0) is 13.3. The summed E-state index contributed by atoms with van der Waals surface area (Å²) in [6.45, 7) is 5.62. The smallest absolute Gasteiger partial charge is 0.278 e. The maximum Gasteiger partial charge on any atom is 0.278 e. The summed E-state index contributed by atoms with van der Waals surface area (Å²) < 4.78 is 26.6. The van der Waals surface area contributed by atoms with Crippen molar-refractivity contribution >= 4 is 15.7 Å². The van der Waals surface area contributed by atoms with Gasteiger partial charge in [-0.3, -0.25) is 4.72 Å². The summed E-state index contributed by atoms with van der Waals surface area (Å²) in [6.07, 6.45) is 1.30. The monoisotopic (exact) mass is 265 g/mol. The second-order valence-electron chi connectivity index (χ2n) is 4.24. The summed E-state index contributed by atoms with van der Waals surface area (Å²) >= 11 is 0. The fourth-order valence-corrected chi connectivity index (χ4v) is 2.57. The zero-order valence-corrected chi connectivity index (χ0v) is 11.3. The number of aromatic nitrogens is 2. The van der Waals surface area contributed by atoms with Crippen molar-refractivity contribution in [3.63, 3.8) is 0 Å². The van der Waals surface area contributed by atoms with Crippen LogP contribution < -0.4 is 4.72 Å². The number of benzene rings is 1. The van der Waals surface area contributed by atoms with E-state index in [1.807, 2.05) is 19.9 Å². The molecule has 0 unspecified atom stereocenters. The number of H-pyrrole nitrogens is 1. The van der Waals surface area contributed by atoms with Crippen LogP contribution in [0.25, 0.3) is 0 Å². The fourth-order valence-electron chi connectivity index (χ4n) is 1.55. The molecule has 5 nitrogen and oxygen atoms in total. The Bertz CT molecular complexity index is 674. The van der Waals surface area contributed by atoms with Gasteiger partial charge in [0.1, 0.15) is 5.82 Å². The first-order valence-electron chi connectivity index (χ1n) is 5.50. The molecule has 0 spiro atoms. The lowest BCUT2D eigenvalue weighted by atomic mass is 10.1. The van der Waals surface area contributed by atoms with E-state index in [-0.39, 0.29) is 5.03 Å². The molecule has 0 fully saturated rings. The molecule has 96 valence electrons. The molecule has 0 aliphatic heterocycles. The van der Waals surface area contributed by atoms with Crippen LogP contribution >= 0.6 is 0 Å². The predicted molar refractivity (Wildman–Crippen MR) is 70.0 cm³/mol. The summed E-state index contributed by atoms with van der Waals surface area (Å²) in [6, 6.07) is 5.42. The number of hydrogen-bond donors (Lipinski definition) is 2. The number of sulfonamides is 1. The van der Waals surface area contributed by atoms with Crippen LogP contribution in [0.15, 0.2) is 29.4 Å². The van der Waals surface area contributed by atoms with Gasteiger partial charge in [0, 0.05) is 5.69 Å². The number of anilines is 1. The van der Waals surface area contributed by atoms with Gasteiger partial charge in [-0.15, -0.1) is 0 Å². The van der Waals surface area contributed by atoms with Gasteiger partial charge in [0.25, 0.3) is 10.0 Å². The van der Waals surface area contributed by atoms with Crippen LogP contribution in [0.3, 0.4) is 0 Å². The SMILES string of the molecule is Cc1ncc(S(=O)(=O)Nc2ccc(C)c(C)c2)[nH]1. The van der Waals surface area contributed by atoms with Crippen molar-refractivity contribution in [1.29, 1.82) is 0 Å². The molecule has 0 saturated carbocycles. The summed E-state index contributed by atoms with van der Waals surface area (Å²) in [4.78, 5) is 6.58. The number of aryl methyl sites for hydroxylation is 3. The third kappa shape index (κ3) is 2.53. The van der Waals surface area contributed by atoms with Crippen molar-refractivity contribution in [2.24, 2.45) is 0 Å². The van der Waals surface area contributed by atoms with Crippen LogP contribution in [-0.2, 0) is 10.0 Å². The van der Waals surface area contributed by atoms with E-state index in [0.717, 1.165) is 11.1 Å². The lowest BCUT2D eigenvalue weighted by molar-refractivity contribution is 0.598. The second kappa shape index (κ2) is 4.45. The summed E-state index contributed by atoms with van der Waals surface area (Å²) in [5.41, 5.74) is 2.71. The maximum atomic E-state index is 12.0. The van der Waals surface area contributed by atoms with E-state index in [4.69, 9.17) is 0 Å². The second-order valence-corrected chi connectivity index (χ2v) is 5.89. The molecule has 2 aromatic rings. The Morgan fingerprint density at radius 2 is 1.89 bits per heavy atom. The van der Waals surface area contributed by atoms with Gasteiger partial charge in [-0.1, -0.05) is 6.07 Å². The van der Waals surface area contributed by atoms with Gasteiger partial charge in [-0.05, 0) is 44.0 Å². The topological polar surface area (TPSA) is 74.8 Å². The lowest BCUT2D eigenvalue weighted by Gasteiger charge is -2.08. The van der Waals surface area contributed by atoms with Crippen molar-refractivity contribution in [3.05, 3.63) is 41.3 Å². The fraction of sp³-hybridized carbons (Fsp3) is 0.250. The highest BCUT2D eigenvalue weighted by molar-refractivity contribution is 7.92. The molecule has 0 aliphatic rings. The molecule has 1 heterocycles. The van der Waals surface area contributed by atoms with Crippen molar-refractivity contribution in [1.82, 2.24) is 9.97 Å². The molecule has 1 aromatic heterocycles. The Morgan fingerprint density at radius 1 is 1.17 bits per heavy atom. The van der Waals surface area contributed by atoms with E-state index >= 15 is 0 Å². The van der Waals surface area contributed by atoms with Gasteiger partial charge >= 0.3 is 0 Å². The summed E-state index contributed by atoms with van der Waals surface area (Å²) in [5, 5.41) is 0.0678. The molecule has 6 heteroatoms. The molecule has 0 aliphatic carbocycles. The Hall–Kier alpha value is -1.82. The van der Waals surface area contributed by atoms with Gasteiger partial charge in [0.2, 0.25) is 0 Å². The van der Waals surface area contributed by atoms with Crippen molar-refractivity contribution < 1.29 is 8.42 Å². The van der Waals surface area contributed by atoms with Crippen LogP contribution in [0, 0.1) is 20.8 Å². The molecule has 0 amide bonds. The van der Waals surface area contributed by atoms with E-state index in [9.17, 15) is 8.42 Å². The first kappa shape index (κ1) is 12.6. The molecule has 0 atom stereocenters. The molecule has 0 saturated heterocycles. The lowest BCUT2D eigenvalue weighted by Crippen LogP contribution is -2.13. The highest BCUT2D eigenvalue weighted by Crippen LogP contribution is 2.17. The van der Waals surface area contributed by atoms with Crippen LogP contribution in [0.4, 0.5) is 5.69 Å². The molecular weight excluding hydrogens is 250 g/mol. The van der Waals surface area contributed by atoms with Gasteiger partial charge in [0.15, 0.2) is 5.03 Å². The molecule has 2 N–H and O–H groups in total. The Labute approximate surface area is 106 Å². The van der Waals surface area contributed by atoms with E-state index < -0.39 is 10.0 Å². The van der Waals surface area contributed by atoms with E-state index in [0.29, 0.717) is 11.5 Å². The van der Waals surface area contributed by atoms with Gasteiger partial charge in [0.05, 0.1) is 6.20 Å². The Morgan fingerprint density at radius 3 is 2.44 bits per heavy atom. The standard InChI is InChI=1S/C12H15N3O2S/c1-8-4-5-11(6-9(8)2)15-18(16,17)12-7-13-10(3)14-12/h4-7,15H,1-3H3,(H,13,14). The molecular formula is C12H15N3O2S. The van der Waals surface area contributed by atoms with Crippen LogP contribution in [0.1, 0.15) is 17.0 Å². The van der Waals surface area contributed by atoms with Crippen LogP contribution in [0.5, 0.6) is 0 Å². The Kier molecular flexibility index (Phi) is 3.13. The first-order chi connectivity index (χ1) is 8.38. The van der Waals surface area contributed by atoms with Gasteiger partial charge in [-0.2, -0.15) is 8.42 Å². The van der Waals surface area contributed by atoms with Crippen molar-refractivity contribution in [2.75, 3.05) is 4.72 Å². The number of nitrogens with zero attached hydrogens (tertiary/aromatic N) is 1. The van der Waals surface area contributed by atoms with Crippen LogP contribution in [0.2, 0.25) is 0 Å². The third-order valence-corrected chi connectivity index (χ3v) is 4.02. The molecule has 1 aromatic carbocycles. The quantitative estimate of drug-likeness (QED) is 0.892. The highest BCUT2D eigenvalue weighted by atomic mass is 32.2. The maximum absolute atomic E-state index is 12.0. The van der Waals surface area contributed by atoms with Crippen molar-refractivity contribution in [2.45, 2.75) is 25.8 Å². The van der Waals surface area contributed by atoms with Gasteiger partial charge in [-0.25, -0.2) is 4.98 Å². The minimum absolute atomic E-state index is 0.0678. The molecule has 18 heavy (non-hydrogen) atoms. The number of hydrogen-bond acceptors (Lipinski definition) is 3. The van der Waals surface area contributed by atoms with E-state index in [1.54, 1.807) is 19.1 Å². The van der Waals surface area contributed by atoms with E-state index in [2.05, 4.69) is 14.7 Å². The Balaban J connectivity index is 2.30.